The average molecular weight is 387 g/mol. The molecule has 0 bridgehead atoms. The normalized spacial score (nSPS) is 11.2. The molecular weight excluding hydrogens is 372 g/mol. The van der Waals surface area contributed by atoms with Gasteiger partial charge in [-0.3, -0.25) is 0 Å². The summed E-state index contributed by atoms with van der Waals surface area (Å²) < 4.78 is 11.9. The largest absolute Gasteiger partial charge is 0.487 e. The Labute approximate surface area is 166 Å². The molecule has 2 aromatic heterocycles. The van der Waals surface area contributed by atoms with E-state index < -0.39 is 0 Å². The highest BCUT2D eigenvalue weighted by atomic mass is 35.5. The van der Waals surface area contributed by atoms with E-state index in [9.17, 15) is 0 Å². The van der Waals surface area contributed by atoms with Gasteiger partial charge < -0.3 is 9.15 Å². The number of nitrogens with zero attached hydrogens (tertiary/aromatic N) is 2. The van der Waals surface area contributed by atoms with Gasteiger partial charge in [0.05, 0.1) is 0 Å². The molecule has 0 saturated carbocycles. The van der Waals surface area contributed by atoms with Crippen LogP contribution < -0.4 is 4.74 Å². The predicted octanol–water partition coefficient (Wildman–Crippen LogP) is 6.28. The third-order valence-corrected chi connectivity index (χ3v) is 4.72. The van der Waals surface area contributed by atoms with E-state index in [-0.39, 0.29) is 0 Å². The van der Waals surface area contributed by atoms with Gasteiger partial charge in [-0.15, -0.1) is 0 Å². The van der Waals surface area contributed by atoms with Crippen molar-refractivity contribution in [3.05, 3.63) is 89.4 Å². The Hall–Kier alpha value is -3.37. The van der Waals surface area contributed by atoms with Crippen LogP contribution in [0.25, 0.3) is 33.6 Å². The van der Waals surface area contributed by atoms with Crippen molar-refractivity contribution in [2.75, 3.05) is 0 Å². The van der Waals surface area contributed by atoms with Crippen LogP contribution in [0.3, 0.4) is 0 Å². The van der Waals surface area contributed by atoms with Crippen molar-refractivity contribution >= 4 is 33.6 Å². The lowest BCUT2D eigenvalue weighted by atomic mass is 10.2. The van der Waals surface area contributed by atoms with E-state index in [1.807, 2.05) is 66.7 Å². The third kappa shape index (κ3) is 3.19. The smallest absolute Gasteiger partial charge is 0.246 e. The molecule has 2 heterocycles. The van der Waals surface area contributed by atoms with Crippen LogP contribution in [0, 0.1) is 0 Å². The van der Waals surface area contributed by atoms with Crippen LogP contribution in [0.1, 0.15) is 5.56 Å². The summed E-state index contributed by atoms with van der Waals surface area (Å²) in [5, 5.41) is 1.61. The van der Waals surface area contributed by atoms with Gasteiger partial charge in [-0.05, 0) is 35.9 Å². The Morgan fingerprint density at radius 1 is 0.857 bits per heavy atom. The zero-order valence-corrected chi connectivity index (χ0v) is 15.6. The van der Waals surface area contributed by atoms with E-state index in [0.717, 1.165) is 22.2 Å². The summed E-state index contributed by atoms with van der Waals surface area (Å²) in [6.07, 6.45) is 0. The van der Waals surface area contributed by atoms with E-state index in [4.69, 9.17) is 25.7 Å². The van der Waals surface area contributed by atoms with Crippen LogP contribution in [0.15, 0.2) is 83.3 Å². The molecule has 0 aliphatic rings. The first-order chi connectivity index (χ1) is 13.8. The number of aromatic nitrogens is 2. The van der Waals surface area contributed by atoms with Gasteiger partial charge in [0.25, 0.3) is 0 Å². The van der Waals surface area contributed by atoms with Crippen LogP contribution in [0.2, 0.25) is 5.02 Å². The Morgan fingerprint density at radius 2 is 1.75 bits per heavy atom. The molecule has 5 aromatic rings. The highest BCUT2D eigenvalue weighted by Crippen LogP contribution is 2.30. The zero-order valence-electron chi connectivity index (χ0n) is 14.8. The van der Waals surface area contributed by atoms with Gasteiger partial charge in [-0.1, -0.05) is 60.1 Å². The van der Waals surface area contributed by atoms with E-state index in [1.165, 1.54) is 0 Å². The maximum Gasteiger partial charge on any atom is 0.246 e. The standard InChI is InChI=1S/C23H15ClN2O2/c24-17-10-12-20-19(13-17)26-23(28-20)18-11-9-16-7-4-8-21(22(16)25-18)27-14-15-5-2-1-3-6-15/h1-13H,14H2. The molecule has 0 saturated heterocycles. The van der Waals surface area contributed by atoms with Gasteiger partial charge in [-0.25, -0.2) is 9.97 Å². The average Bonchev–Trinajstić information content (AvgIpc) is 3.16. The Balaban J connectivity index is 1.53. The minimum Gasteiger partial charge on any atom is -0.487 e. The summed E-state index contributed by atoms with van der Waals surface area (Å²) in [6, 6.07) is 25.2. The Morgan fingerprint density at radius 3 is 2.64 bits per heavy atom. The number of benzene rings is 3. The predicted molar refractivity (Wildman–Crippen MR) is 111 cm³/mol. The number of ether oxygens (including phenoxy) is 1. The lowest BCUT2D eigenvalue weighted by Crippen LogP contribution is -1.97. The van der Waals surface area contributed by atoms with Crippen LogP contribution >= 0.6 is 11.6 Å². The van der Waals surface area contributed by atoms with Gasteiger partial charge in [-0.2, -0.15) is 0 Å². The maximum atomic E-state index is 6.04. The molecule has 136 valence electrons. The molecule has 0 spiro atoms. The van der Waals surface area contributed by atoms with Gasteiger partial charge in [0.1, 0.15) is 29.1 Å². The second-order valence-electron chi connectivity index (χ2n) is 6.43. The molecule has 0 unspecified atom stereocenters. The maximum absolute atomic E-state index is 6.04. The molecule has 0 aliphatic heterocycles. The fraction of sp³-hybridized carbons (Fsp3) is 0.0435. The van der Waals surface area contributed by atoms with E-state index >= 15 is 0 Å². The summed E-state index contributed by atoms with van der Waals surface area (Å²) in [4.78, 5) is 9.28. The van der Waals surface area contributed by atoms with Crippen molar-refractivity contribution in [2.24, 2.45) is 0 Å². The minimum absolute atomic E-state index is 0.456. The topological polar surface area (TPSA) is 48.2 Å². The summed E-state index contributed by atoms with van der Waals surface area (Å²) >= 11 is 6.04. The fourth-order valence-corrected chi connectivity index (χ4v) is 3.27. The van der Waals surface area contributed by atoms with Crippen LogP contribution in [0.4, 0.5) is 0 Å². The van der Waals surface area contributed by atoms with E-state index in [1.54, 1.807) is 12.1 Å². The van der Waals surface area contributed by atoms with Crippen molar-refractivity contribution in [3.8, 4) is 17.3 Å². The number of pyridine rings is 1. The van der Waals surface area contributed by atoms with Crippen LogP contribution in [0.5, 0.6) is 5.75 Å². The number of hydrogen-bond donors (Lipinski definition) is 0. The zero-order chi connectivity index (χ0) is 18.9. The van der Waals surface area contributed by atoms with Crippen LogP contribution in [-0.4, -0.2) is 9.97 Å². The molecule has 0 fully saturated rings. The first-order valence-corrected chi connectivity index (χ1v) is 9.27. The van der Waals surface area contributed by atoms with E-state index in [2.05, 4.69) is 4.98 Å². The fourth-order valence-electron chi connectivity index (χ4n) is 3.10. The summed E-state index contributed by atoms with van der Waals surface area (Å²) in [6.45, 7) is 0.479. The van der Waals surface area contributed by atoms with Crippen molar-refractivity contribution in [3.63, 3.8) is 0 Å². The van der Waals surface area contributed by atoms with Gasteiger partial charge in [0.15, 0.2) is 5.58 Å². The molecule has 4 nitrogen and oxygen atoms in total. The second kappa shape index (κ2) is 6.98. The molecule has 28 heavy (non-hydrogen) atoms. The Bertz CT molecular complexity index is 1280. The van der Waals surface area contributed by atoms with Crippen molar-refractivity contribution < 1.29 is 9.15 Å². The number of hydrogen-bond acceptors (Lipinski definition) is 4. The molecule has 0 amide bonds. The van der Waals surface area contributed by atoms with E-state index in [0.29, 0.717) is 34.3 Å². The first-order valence-electron chi connectivity index (χ1n) is 8.89. The van der Waals surface area contributed by atoms with Crippen molar-refractivity contribution in [1.82, 2.24) is 9.97 Å². The minimum atomic E-state index is 0.456. The van der Waals surface area contributed by atoms with Gasteiger partial charge >= 0.3 is 0 Å². The van der Waals surface area contributed by atoms with Gasteiger partial charge in [0, 0.05) is 10.4 Å². The number of para-hydroxylation sites is 1. The second-order valence-corrected chi connectivity index (χ2v) is 6.87. The highest BCUT2D eigenvalue weighted by molar-refractivity contribution is 6.31. The van der Waals surface area contributed by atoms with Crippen molar-refractivity contribution in [2.45, 2.75) is 6.61 Å². The molecule has 0 atom stereocenters. The number of fused-ring (bicyclic) bond motifs is 2. The van der Waals surface area contributed by atoms with Gasteiger partial charge in [0.2, 0.25) is 5.89 Å². The summed E-state index contributed by atoms with van der Waals surface area (Å²) in [7, 11) is 0. The number of rotatable bonds is 4. The lowest BCUT2D eigenvalue weighted by molar-refractivity contribution is 0.309. The quantitative estimate of drug-likeness (QED) is 0.365. The molecule has 3 aromatic carbocycles. The number of halogens is 1. The first kappa shape index (κ1) is 16.8. The Kier molecular flexibility index (Phi) is 4.18. The summed E-state index contributed by atoms with van der Waals surface area (Å²) in [5.41, 5.74) is 3.91. The molecule has 0 aliphatic carbocycles. The molecule has 5 heteroatoms. The lowest BCUT2D eigenvalue weighted by Gasteiger charge is -2.09. The van der Waals surface area contributed by atoms with Crippen molar-refractivity contribution in [1.29, 1.82) is 0 Å². The number of oxazole rings is 1. The molecule has 0 radical (unpaired) electrons. The molecule has 0 N–H and O–H groups in total. The summed E-state index contributed by atoms with van der Waals surface area (Å²) in [5.74, 6) is 1.18. The molecule has 5 rings (SSSR count). The third-order valence-electron chi connectivity index (χ3n) is 4.49. The molecular formula is C23H15ClN2O2. The highest BCUT2D eigenvalue weighted by Gasteiger charge is 2.12. The monoisotopic (exact) mass is 386 g/mol. The van der Waals surface area contributed by atoms with Crippen LogP contribution in [-0.2, 0) is 6.61 Å². The SMILES string of the molecule is Clc1ccc2oc(-c3ccc4cccc(OCc5ccccc5)c4n3)nc2c1.